The Hall–Kier alpha value is -3.08. The van der Waals surface area contributed by atoms with Crippen LogP contribution in [0.1, 0.15) is 34.3 Å². The van der Waals surface area contributed by atoms with E-state index in [0.717, 1.165) is 23.9 Å². The summed E-state index contributed by atoms with van der Waals surface area (Å²) in [7, 11) is 1.59. The third-order valence-electron chi connectivity index (χ3n) is 4.53. The van der Waals surface area contributed by atoms with Gasteiger partial charge in [-0.25, -0.2) is 0 Å². The van der Waals surface area contributed by atoms with Gasteiger partial charge in [-0.2, -0.15) is 0 Å². The van der Waals surface area contributed by atoms with E-state index >= 15 is 0 Å². The molecule has 0 bridgehead atoms. The maximum absolute atomic E-state index is 12.3. The molecule has 5 nitrogen and oxygen atoms in total. The van der Waals surface area contributed by atoms with Crippen LogP contribution in [0.25, 0.3) is 10.9 Å². The van der Waals surface area contributed by atoms with E-state index in [4.69, 9.17) is 0 Å². The fourth-order valence-corrected chi connectivity index (χ4v) is 3.03. The molecule has 0 fully saturated rings. The molecule has 2 amide bonds. The molecule has 26 heavy (non-hydrogen) atoms. The van der Waals surface area contributed by atoms with Crippen LogP contribution in [0.15, 0.2) is 48.7 Å². The maximum Gasteiger partial charge on any atom is 0.251 e. The molecule has 1 aromatic heterocycles. The van der Waals surface area contributed by atoms with E-state index in [1.54, 1.807) is 19.2 Å². The molecule has 0 aliphatic heterocycles. The molecule has 3 aromatic rings. The standard InChI is InChI=1S/C21H23N3O2/c1-14-10-11-15(21(26)22-2)12-19(14)24-20(25)9-5-6-16-13-23-18-8-4-3-7-17(16)18/h3-4,7-8,10-13,23H,5-6,9H2,1-2H3,(H,22,26)(H,24,25). The van der Waals surface area contributed by atoms with Gasteiger partial charge in [-0.05, 0) is 49.1 Å². The van der Waals surface area contributed by atoms with Crippen LogP contribution in [0.5, 0.6) is 0 Å². The van der Waals surface area contributed by atoms with E-state index in [9.17, 15) is 9.59 Å². The number of hydrogen-bond donors (Lipinski definition) is 3. The Kier molecular flexibility index (Phi) is 5.37. The Morgan fingerprint density at radius 3 is 2.73 bits per heavy atom. The molecular weight excluding hydrogens is 326 g/mol. The van der Waals surface area contributed by atoms with Gasteiger partial charge in [0.25, 0.3) is 5.91 Å². The minimum atomic E-state index is -0.167. The second-order valence-electron chi connectivity index (χ2n) is 6.37. The number of benzene rings is 2. The quantitative estimate of drug-likeness (QED) is 0.633. The van der Waals surface area contributed by atoms with Gasteiger partial charge in [0, 0.05) is 41.8 Å². The number of carbonyl (C=O) groups excluding carboxylic acids is 2. The van der Waals surface area contributed by atoms with E-state index < -0.39 is 0 Å². The van der Waals surface area contributed by atoms with Crippen molar-refractivity contribution in [2.45, 2.75) is 26.2 Å². The number of hydrogen-bond acceptors (Lipinski definition) is 2. The molecule has 0 spiro atoms. The third-order valence-corrected chi connectivity index (χ3v) is 4.53. The van der Waals surface area contributed by atoms with Crippen LogP contribution >= 0.6 is 0 Å². The van der Waals surface area contributed by atoms with Crippen LogP contribution in [0.3, 0.4) is 0 Å². The van der Waals surface area contributed by atoms with Gasteiger partial charge >= 0.3 is 0 Å². The summed E-state index contributed by atoms with van der Waals surface area (Å²) >= 11 is 0. The Bertz CT molecular complexity index is 943. The molecule has 0 atom stereocenters. The molecule has 0 unspecified atom stereocenters. The van der Waals surface area contributed by atoms with Crippen LogP contribution in [0, 0.1) is 6.92 Å². The fourth-order valence-electron chi connectivity index (χ4n) is 3.03. The fraction of sp³-hybridized carbons (Fsp3) is 0.238. The minimum Gasteiger partial charge on any atom is -0.361 e. The van der Waals surface area contributed by atoms with E-state index in [0.29, 0.717) is 17.7 Å². The Balaban J connectivity index is 1.58. The number of aryl methyl sites for hydroxylation is 2. The summed E-state index contributed by atoms with van der Waals surface area (Å²) in [5, 5.41) is 6.72. The van der Waals surface area contributed by atoms with Gasteiger partial charge in [-0.3, -0.25) is 9.59 Å². The highest BCUT2D eigenvalue weighted by atomic mass is 16.2. The van der Waals surface area contributed by atoms with Gasteiger partial charge in [0.2, 0.25) is 5.91 Å². The van der Waals surface area contributed by atoms with Gasteiger partial charge in [-0.15, -0.1) is 0 Å². The smallest absolute Gasteiger partial charge is 0.251 e. The summed E-state index contributed by atoms with van der Waals surface area (Å²) in [5.41, 5.74) is 4.50. The molecule has 0 saturated carbocycles. The van der Waals surface area contributed by atoms with Crippen molar-refractivity contribution in [3.05, 3.63) is 65.4 Å². The highest BCUT2D eigenvalue weighted by Gasteiger charge is 2.10. The lowest BCUT2D eigenvalue weighted by Gasteiger charge is -2.10. The van der Waals surface area contributed by atoms with Crippen molar-refractivity contribution in [2.24, 2.45) is 0 Å². The van der Waals surface area contributed by atoms with Crippen molar-refractivity contribution in [1.29, 1.82) is 0 Å². The van der Waals surface area contributed by atoms with Crippen molar-refractivity contribution in [2.75, 3.05) is 12.4 Å². The van der Waals surface area contributed by atoms with Crippen molar-refractivity contribution in [1.82, 2.24) is 10.3 Å². The second-order valence-corrected chi connectivity index (χ2v) is 6.37. The van der Waals surface area contributed by atoms with Crippen molar-refractivity contribution in [3.63, 3.8) is 0 Å². The van der Waals surface area contributed by atoms with Crippen LogP contribution < -0.4 is 10.6 Å². The zero-order valence-electron chi connectivity index (χ0n) is 15.1. The highest BCUT2D eigenvalue weighted by molar-refractivity contribution is 5.97. The molecule has 5 heteroatoms. The number of aromatic amines is 1. The summed E-state index contributed by atoms with van der Waals surface area (Å²) in [6.07, 6.45) is 4.05. The summed E-state index contributed by atoms with van der Waals surface area (Å²) in [6.45, 7) is 1.91. The number of aromatic nitrogens is 1. The van der Waals surface area contributed by atoms with E-state index in [2.05, 4.69) is 21.7 Å². The number of carbonyl (C=O) groups is 2. The predicted octanol–water partition coefficient (Wildman–Crippen LogP) is 3.80. The number of amides is 2. The third kappa shape index (κ3) is 3.94. The van der Waals surface area contributed by atoms with Crippen molar-refractivity contribution < 1.29 is 9.59 Å². The van der Waals surface area contributed by atoms with Crippen LogP contribution in [0.4, 0.5) is 5.69 Å². The van der Waals surface area contributed by atoms with Crippen LogP contribution in [0.2, 0.25) is 0 Å². The van der Waals surface area contributed by atoms with Crippen molar-refractivity contribution >= 4 is 28.4 Å². The first-order valence-electron chi connectivity index (χ1n) is 8.76. The van der Waals surface area contributed by atoms with Crippen LogP contribution in [-0.4, -0.2) is 23.8 Å². The zero-order valence-corrected chi connectivity index (χ0v) is 15.1. The summed E-state index contributed by atoms with van der Waals surface area (Å²) in [6, 6.07) is 13.5. The van der Waals surface area contributed by atoms with E-state index in [1.807, 2.05) is 37.4 Å². The van der Waals surface area contributed by atoms with Gasteiger partial charge in [0.15, 0.2) is 0 Å². The van der Waals surface area contributed by atoms with Crippen molar-refractivity contribution in [3.8, 4) is 0 Å². The molecule has 0 saturated heterocycles. The lowest BCUT2D eigenvalue weighted by Crippen LogP contribution is -2.19. The molecule has 3 N–H and O–H groups in total. The zero-order chi connectivity index (χ0) is 18.5. The lowest BCUT2D eigenvalue weighted by atomic mass is 10.1. The van der Waals surface area contributed by atoms with E-state index in [-0.39, 0.29) is 11.8 Å². The molecule has 3 rings (SSSR count). The second kappa shape index (κ2) is 7.87. The number of H-pyrrole nitrogens is 1. The summed E-state index contributed by atoms with van der Waals surface area (Å²) in [4.78, 5) is 27.3. The first-order chi connectivity index (χ1) is 12.6. The first-order valence-corrected chi connectivity index (χ1v) is 8.76. The predicted molar refractivity (Wildman–Crippen MR) is 104 cm³/mol. The molecule has 0 radical (unpaired) electrons. The van der Waals surface area contributed by atoms with Gasteiger partial charge in [0.05, 0.1) is 0 Å². The molecule has 0 aliphatic rings. The average molecular weight is 349 g/mol. The SMILES string of the molecule is CNC(=O)c1ccc(C)c(NC(=O)CCCc2c[nH]c3ccccc23)c1. The Morgan fingerprint density at radius 2 is 1.92 bits per heavy atom. The van der Waals surface area contributed by atoms with E-state index in [1.165, 1.54) is 10.9 Å². The molecule has 134 valence electrons. The van der Waals surface area contributed by atoms with Crippen LogP contribution in [-0.2, 0) is 11.2 Å². The monoisotopic (exact) mass is 349 g/mol. The first kappa shape index (κ1) is 17.7. The minimum absolute atomic E-state index is 0.0398. The average Bonchev–Trinajstić information content (AvgIpc) is 3.06. The Labute approximate surface area is 152 Å². The molecule has 0 aliphatic carbocycles. The largest absolute Gasteiger partial charge is 0.361 e. The normalized spacial score (nSPS) is 10.7. The van der Waals surface area contributed by atoms with Gasteiger partial charge in [0.1, 0.15) is 0 Å². The topological polar surface area (TPSA) is 74.0 Å². The number of rotatable bonds is 6. The molecular formula is C21H23N3O2. The molecule has 1 heterocycles. The summed E-state index contributed by atoms with van der Waals surface area (Å²) in [5.74, 6) is -0.207. The number of nitrogens with one attached hydrogen (secondary N) is 3. The Morgan fingerprint density at radius 1 is 1.12 bits per heavy atom. The molecule has 2 aromatic carbocycles. The van der Waals surface area contributed by atoms with Gasteiger partial charge in [-0.1, -0.05) is 24.3 Å². The lowest BCUT2D eigenvalue weighted by molar-refractivity contribution is -0.116. The number of para-hydroxylation sites is 1. The highest BCUT2D eigenvalue weighted by Crippen LogP contribution is 2.20. The van der Waals surface area contributed by atoms with Gasteiger partial charge < -0.3 is 15.6 Å². The number of anilines is 1. The maximum atomic E-state index is 12.3. The number of fused-ring (bicyclic) bond motifs is 1. The summed E-state index contributed by atoms with van der Waals surface area (Å²) < 4.78 is 0.